The van der Waals surface area contributed by atoms with Crippen LogP contribution in [0.5, 0.6) is 0 Å². The molecule has 0 bridgehead atoms. The zero-order chi connectivity index (χ0) is 9.10. The number of aromatic nitrogens is 2. The average molecular weight is 242 g/mol. The van der Waals surface area contributed by atoms with Gasteiger partial charge in [0.2, 0.25) is 0 Å². The molecule has 0 fully saturated rings. The number of nitrogens with zero attached hydrogens (tertiary/aromatic N) is 1. The second-order valence-corrected chi connectivity index (χ2v) is 3.36. The first kappa shape index (κ1) is 8.37. The van der Waals surface area contributed by atoms with Gasteiger partial charge in [-0.25, -0.2) is 4.98 Å². The third kappa shape index (κ3) is 1.92. The number of aromatic amines is 1. The topological polar surface area (TPSA) is 53.9 Å². The molecule has 13 heavy (non-hydrogen) atoms. The van der Waals surface area contributed by atoms with E-state index in [1.54, 1.807) is 18.8 Å². The Morgan fingerprint density at radius 2 is 2.54 bits per heavy atom. The fourth-order valence-electron chi connectivity index (χ4n) is 0.979. The quantitative estimate of drug-likeness (QED) is 0.868. The van der Waals surface area contributed by atoms with Crippen molar-refractivity contribution in [3.05, 3.63) is 35.1 Å². The molecule has 2 N–H and O–H groups in total. The number of nitrogens with one attached hydrogen (secondary N) is 2. The second-order valence-electron chi connectivity index (χ2n) is 2.51. The van der Waals surface area contributed by atoms with E-state index < -0.39 is 0 Å². The van der Waals surface area contributed by atoms with Crippen molar-refractivity contribution in [3.63, 3.8) is 0 Å². The van der Waals surface area contributed by atoms with Crippen LogP contribution in [0.15, 0.2) is 33.7 Å². The van der Waals surface area contributed by atoms with Crippen LogP contribution in [-0.2, 0) is 6.54 Å². The van der Waals surface area contributed by atoms with Gasteiger partial charge in [-0.1, -0.05) is 0 Å². The second kappa shape index (κ2) is 3.66. The molecule has 0 aromatic carbocycles. The van der Waals surface area contributed by atoms with Crippen molar-refractivity contribution in [2.45, 2.75) is 6.54 Å². The maximum absolute atomic E-state index is 5.22. The summed E-state index contributed by atoms with van der Waals surface area (Å²) in [7, 11) is 0. The first-order valence-corrected chi connectivity index (χ1v) is 4.59. The molecule has 2 aromatic rings. The lowest BCUT2D eigenvalue weighted by Gasteiger charge is -1.99. The molecular weight excluding hydrogens is 234 g/mol. The van der Waals surface area contributed by atoms with Gasteiger partial charge in [0.05, 0.1) is 29.8 Å². The van der Waals surface area contributed by atoms with Gasteiger partial charge in [0, 0.05) is 0 Å². The molecule has 2 heterocycles. The van der Waals surface area contributed by atoms with Crippen LogP contribution in [-0.4, -0.2) is 9.97 Å². The molecule has 68 valence electrons. The smallest absolute Gasteiger partial charge is 0.137 e. The number of rotatable bonds is 3. The molecule has 0 spiro atoms. The number of halogens is 1. The maximum atomic E-state index is 5.22. The largest absolute Gasteiger partial charge is 0.466 e. The van der Waals surface area contributed by atoms with E-state index in [0.717, 1.165) is 16.1 Å². The summed E-state index contributed by atoms with van der Waals surface area (Å²) in [5.74, 6) is 1.75. The van der Waals surface area contributed by atoms with Gasteiger partial charge in [-0.2, -0.15) is 0 Å². The minimum Gasteiger partial charge on any atom is -0.466 e. The molecule has 0 aliphatic heterocycles. The summed E-state index contributed by atoms with van der Waals surface area (Å²) in [5.41, 5.74) is 0. The number of imidazole rings is 1. The van der Waals surface area contributed by atoms with E-state index in [9.17, 15) is 0 Å². The highest BCUT2D eigenvalue weighted by atomic mass is 79.9. The van der Waals surface area contributed by atoms with Gasteiger partial charge in [0.15, 0.2) is 0 Å². The van der Waals surface area contributed by atoms with Crippen molar-refractivity contribution in [1.82, 2.24) is 9.97 Å². The highest BCUT2D eigenvalue weighted by Gasteiger charge is 2.02. The Balaban J connectivity index is 1.97. The first-order chi connectivity index (χ1) is 6.36. The summed E-state index contributed by atoms with van der Waals surface area (Å²) in [6, 6.07) is 1.87. The standard InChI is InChI=1S/C8H8BrN3O/c9-6-1-2-13-7(6)3-11-8-4-10-5-12-8/h1-2,4-5,11H,3H2,(H,10,12). The van der Waals surface area contributed by atoms with E-state index in [1.165, 1.54) is 0 Å². The van der Waals surface area contributed by atoms with E-state index in [0.29, 0.717) is 6.54 Å². The van der Waals surface area contributed by atoms with E-state index in [1.807, 2.05) is 6.07 Å². The van der Waals surface area contributed by atoms with Crippen molar-refractivity contribution in [2.75, 3.05) is 5.32 Å². The van der Waals surface area contributed by atoms with Crippen molar-refractivity contribution >= 4 is 21.7 Å². The molecule has 0 unspecified atom stereocenters. The summed E-state index contributed by atoms with van der Waals surface area (Å²) >= 11 is 3.37. The number of hydrogen-bond donors (Lipinski definition) is 2. The lowest BCUT2D eigenvalue weighted by atomic mass is 10.4. The molecule has 2 rings (SSSR count). The Hall–Kier alpha value is -1.23. The lowest BCUT2D eigenvalue weighted by Crippen LogP contribution is -1.98. The van der Waals surface area contributed by atoms with E-state index in [4.69, 9.17) is 4.42 Å². The fourth-order valence-corrected chi connectivity index (χ4v) is 1.32. The minimum atomic E-state index is 0.635. The van der Waals surface area contributed by atoms with Gasteiger partial charge < -0.3 is 14.7 Å². The van der Waals surface area contributed by atoms with E-state index >= 15 is 0 Å². The highest BCUT2D eigenvalue weighted by Crippen LogP contribution is 2.18. The molecule has 5 heteroatoms. The molecule has 0 saturated carbocycles. The molecule has 0 saturated heterocycles. The zero-order valence-electron chi connectivity index (χ0n) is 6.75. The summed E-state index contributed by atoms with van der Waals surface area (Å²) < 4.78 is 6.19. The number of furan rings is 1. The van der Waals surface area contributed by atoms with Gasteiger partial charge in [0.25, 0.3) is 0 Å². The zero-order valence-corrected chi connectivity index (χ0v) is 8.34. The van der Waals surface area contributed by atoms with E-state index in [2.05, 4.69) is 31.2 Å². The molecule has 4 nitrogen and oxygen atoms in total. The molecule has 2 aromatic heterocycles. The molecule has 0 amide bonds. The van der Waals surface area contributed by atoms with Crippen LogP contribution in [0.4, 0.5) is 5.82 Å². The van der Waals surface area contributed by atoms with Crippen LogP contribution < -0.4 is 5.32 Å². The Kier molecular flexibility index (Phi) is 2.35. The van der Waals surface area contributed by atoms with Crippen molar-refractivity contribution in [1.29, 1.82) is 0 Å². The Bertz CT molecular complexity index is 368. The maximum Gasteiger partial charge on any atom is 0.137 e. The van der Waals surface area contributed by atoms with Gasteiger partial charge in [0.1, 0.15) is 11.6 Å². The summed E-state index contributed by atoms with van der Waals surface area (Å²) in [6.45, 7) is 0.635. The predicted octanol–water partition coefficient (Wildman–Crippen LogP) is 2.38. The molecular formula is C8H8BrN3O. The monoisotopic (exact) mass is 241 g/mol. The van der Waals surface area contributed by atoms with Crippen LogP contribution in [0.25, 0.3) is 0 Å². The third-order valence-electron chi connectivity index (χ3n) is 1.63. The SMILES string of the molecule is Brc1ccoc1CNc1cnc[nH]1. The van der Waals surface area contributed by atoms with Crippen molar-refractivity contribution in [2.24, 2.45) is 0 Å². The number of hydrogen-bond acceptors (Lipinski definition) is 3. The summed E-state index contributed by atoms with van der Waals surface area (Å²) in [6.07, 6.45) is 4.99. The minimum absolute atomic E-state index is 0.635. The molecule has 0 aliphatic carbocycles. The Morgan fingerprint density at radius 1 is 1.62 bits per heavy atom. The fraction of sp³-hybridized carbons (Fsp3) is 0.125. The van der Waals surface area contributed by atoms with Crippen LogP contribution in [0.1, 0.15) is 5.76 Å². The van der Waals surface area contributed by atoms with Gasteiger partial charge >= 0.3 is 0 Å². The van der Waals surface area contributed by atoms with Crippen LogP contribution in [0, 0.1) is 0 Å². The van der Waals surface area contributed by atoms with Crippen molar-refractivity contribution < 1.29 is 4.42 Å². The van der Waals surface area contributed by atoms with Crippen molar-refractivity contribution in [3.8, 4) is 0 Å². The molecule has 0 aliphatic rings. The van der Waals surface area contributed by atoms with Crippen LogP contribution >= 0.6 is 15.9 Å². The van der Waals surface area contributed by atoms with Gasteiger partial charge in [-0.15, -0.1) is 0 Å². The number of anilines is 1. The van der Waals surface area contributed by atoms with Crippen LogP contribution in [0.3, 0.4) is 0 Å². The average Bonchev–Trinajstić information content (AvgIpc) is 2.72. The predicted molar refractivity (Wildman–Crippen MR) is 52.3 cm³/mol. The lowest BCUT2D eigenvalue weighted by molar-refractivity contribution is 0.515. The summed E-state index contributed by atoms with van der Waals surface area (Å²) in [4.78, 5) is 6.82. The van der Waals surface area contributed by atoms with Crippen LogP contribution in [0.2, 0.25) is 0 Å². The van der Waals surface area contributed by atoms with E-state index in [-0.39, 0.29) is 0 Å². The molecule has 0 radical (unpaired) electrons. The highest BCUT2D eigenvalue weighted by molar-refractivity contribution is 9.10. The van der Waals surface area contributed by atoms with Gasteiger partial charge in [-0.3, -0.25) is 0 Å². The van der Waals surface area contributed by atoms with Gasteiger partial charge in [-0.05, 0) is 22.0 Å². The Morgan fingerprint density at radius 3 is 3.15 bits per heavy atom. The summed E-state index contributed by atoms with van der Waals surface area (Å²) in [5, 5.41) is 3.13. The first-order valence-electron chi connectivity index (χ1n) is 3.80. The Labute approximate surface area is 83.5 Å². The number of H-pyrrole nitrogens is 1. The third-order valence-corrected chi connectivity index (χ3v) is 2.34. The normalized spacial score (nSPS) is 10.2. The molecule has 0 atom stereocenters.